The van der Waals surface area contributed by atoms with E-state index in [1.165, 1.54) is 0 Å². The van der Waals surface area contributed by atoms with Crippen LogP contribution in [0.25, 0.3) is 0 Å². The molecule has 3 rings (SSSR count). The van der Waals surface area contributed by atoms with Crippen LogP contribution < -0.4 is 10.6 Å². The van der Waals surface area contributed by atoms with Crippen molar-refractivity contribution >= 4 is 17.3 Å². The zero-order valence-corrected chi connectivity index (χ0v) is 11.6. The number of pyridine rings is 1. The molecule has 4 nitrogen and oxygen atoms in total. The van der Waals surface area contributed by atoms with E-state index in [0.717, 1.165) is 16.8 Å². The number of nitrogens with two attached hydrogens (primary N) is 1. The second kappa shape index (κ2) is 4.34. The summed E-state index contributed by atoms with van der Waals surface area (Å²) in [4.78, 5) is 18.5. The maximum Gasteiger partial charge on any atom is 0.237 e. The third-order valence-electron chi connectivity index (χ3n) is 3.88. The Labute approximate surface area is 118 Å². The molecule has 102 valence electrons. The van der Waals surface area contributed by atoms with Gasteiger partial charge in [0.15, 0.2) is 0 Å². The van der Waals surface area contributed by atoms with Crippen LogP contribution in [-0.2, 0) is 16.8 Å². The first-order chi connectivity index (χ1) is 9.51. The van der Waals surface area contributed by atoms with Crippen LogP contribution in [-0.4, -0.2) is 10.9 Å². The van der Waals surface area contributed by atoms with Crippen molar-refractivity contribution in [2.24, 2.45) is 0 Å². The van der Waals surface area contributed by atoms with E-state index in [0.29, 0.717) is 12.2 Å². The van der Waals surface area contributed by atoms with Gasteiger partial charge in [-0.1, -0.05) is 12.1 Å². The van der Waals surface area contributed by atoms with Crippen LogP contribution in [0, 0.1) is 0 Å². The van der Waals surface area contributed by atoms with Gasteiger partial charge in [-0.25, -0.2) is 0 Å². The van der Waals surface area contributed by atoms with Gasteiger partial charge >= 0.3 is 0 Å². The van der Waals surface area contributed by atoms with Crippen molar-refractivity contribution in [3.63, 3.8) is 0 Å². The van der Waals surface area contributed by atoms with Gasteiger partial charge in [0.1, 0.15) is 0 Å². The average molecular weight is 267 g/mol. The second-order valence-electron chi connectivity index (χ2n) is 5.62. The van der Waals surface area contributed by atoms with Gasteiger partial charge in [-0.05, 0) is 43.2 Å². The Hall–Kier alpha value is -2.36. The van der Waals surface area contributed by atoms with Crippen molar-refractivity contribution in [2.45, 2.75) is 25.8 Å². The van der Waals surface area contributed by atoms with Gasteiger partial charge in [-0.15, -0.1) is 0 Å². The molecule has 0 fully saturated rings. The van der Waals surface area contributed by atoms with Crippen LogP contribution in [0.4, 0.5) is 11.4 Å². The number of nitrogens with zero attached hydrogens (tertiary/aromatic N) is 2. The van der Waals surface area contributed by atoms with E-state index in [9.17, 15) is 4.79 Å². The predicted molar refractivity (Wildman–Crippen MR) is 79.3 cm³/mol. The Kier molecular flexibility index (Phi) is 2.74. The maximum absolute atomic E-state index is 12.7. The molecular formula is C16H17N3O. The molecule has 1 amide bonds. The zero-order chi connectivity index (χ0) is 14.3. The largest absolute Gasteiger partial charge is 0.397 e. The molecule has 1 aliphatic rings. The number of hydrogen-bond donors (Lipinski definition) is 1. The number of carbonyl (C=O) groups is 1. The molecule has 0 spiro atoms. The maximum atomic E-state index is 12.7. The topological polar surface area (TPSA) is 59.2 Å². The van der Waals surface area contributed by atoms with Crippen LogP contribution in [0.1, 0.15) is 25.0 Å². The van der Waals surface area contributed by atoms with E-state index in [-0.39, 0.29) is 5.91 Å². The summed E-state index contributed by atoms with van der Waals surface area (Å²) in [5.41, 5.74) is 9.10. The van der Waals surface area contributed by atoms with Gasteiger partial charge in [0, 0.05) is 12.4 Å². The lowest BCUT2D eigenvalue weighted by molar-refractivity contribution is -0.122. The van der Waals surface area contributed by atoms with Crippen LogP contribution in [0.2, 0.25) is 0 Å². The number of hydrogen-bond acceptors (Lipinski definition) is 3. The van der Waals surface area contributed by atoms with Crippen molar-refractivity contribution in [1.29, 1.82) is 0 Å². The minimum absolute atomic E-state index is 0.0854. The normalized spacial score (nSPS) is 16.3. The quantitative estimate of drug-likeness (QED) is 0.850. The average Bonchev–Trinajstić information content (AvgIpc) is 2.63. The van der Waals surface area contributed by atoms with Crippen molar-refractivity contribution in [3.8, 4) is 0 Å². The fourth-order valence-electron chi connectivity index (χ4n) is 2.74. The summed E-state index contributed by atoms with van der Waals surface area (Å²) in [6.07, 6.45) is 3.46. The number of amides is 1. The minimum atomic E-state index is -0.530. The van der Waals surface area contributed by atoms with Gasteiger partial charge in [0.2, 0.25) is 5.91 Å². The highest BCUT2D eigenvalue weighted by molar-refractivity contribution is 6.10. The number of anilines is 2. The van der Waals surface area contributed by atoms with Crippen molar-refractivity contribution in [3.05, 3.63) is 53.9 Å². The zero-order valence-electron chi connectivity index (χ0n) is 11.6. The van der Waals surface area contributed by atoms with E-state index in [2.05, 4.69) is 4.98 Å². The molecule has 0 bridgehead atoms. The number of para-hydroxylation sites is 1. The molecule has 1 aliphatic heterocycles. The number of carbonyl (C=O) groups excluding carboxylic acids is 1. The monoisotopic (exact) mass is 267 g/mol. The van der Waals surface area contributed by atoms with Crippen LogP contribution in [0.5, 0.6) is 0 Å². The highest BCUT2D eigenvalue weighted by Gasteiger charge is 2.44. The second-order valence-corrected chi connectivity index (χ2v) is 5.62. The van der Waals surface area contributed by atoms with E-state index in [4.69, 9.17) is 5.73 Å². The first-order valence-corrected chi connectivity index (χ1v) is 6.61. The fourth-order valence-corrected chi connectivity index (χ4v) is 2.74. The molecule has 0 atom stereocenters. The lowest BCUT2D eigenvalue weighted by Crippen LogP contribution is -2.35. The Bertz CT molecular complexity index is 665. The number of fused-ring (bicyclic) bond motifs is 1. The van der Waals surface area contributed by atoms with Crippen LogP contribution >= 0.6 is 0 Å². The highest BCUT2D eigenvalue weighted by atomic mass is 16.2. The van der Waals surface area contributed by atoms with Crippen molar-refractivity contribution in [1.82, 2.24) is 4.98 Å². The predicted octanol–water partition coefficient (Wildman–Crippen LogP) is 2.49. The Morgan fingerprint density at radius 3 is 2.60 bits per heavy atom. The lowest BCUT2D eigenvalue weighted by atomic mass is 9.86. The summed E-state index contributed by atoms with van der Waals surface area (Å²) in [6.45, 7) is 4.41. The standard InChI is InChI=1S/C16H17N3O/c1-16(2)12-4-3-5-13(17)14(12)19(15(16)20)10-11-6-8-18-9-7-11/h3-9H,10,17H2,1-2H3. The number of rotatable bonds is 2. The smallest absolute Gasteiger partial charge is 0.237 e. The van der Waals surface area contributed by atoms with E-state index in [1.807, 2.05) is 44.2 Å². The van der Waals surface area contributed by atoms with Crippen molar-refractivity contribution < 1.29 is 4.79 Å². The summed E-state index contributed by atoms with van der Waals surface area (Å²) in [7, 11) is 0. The number of benzene rings is 1. The molecule has 1 aromatic heterocycles. The molecule has 2 aromatic rings. The van der Waals surface area contributed by atoms with Crippen LogP contribution in [0.3, 0.4) is 0 Å². The summed E-state index contributed by atoms with van der Waals surface area (Å²) < 4.78 is 0. The third kappa shape index (κ3) is 1.76. The van der Waals surface area contributed by atoms with E-state index >= 15 is 0 Å². The summed E-state index contributed by atoms with van der Waals surface area (Å²) in [6, 6.07) is 9.55. The van der Waals surface area contributed by atoms with Gasteiger partial charge < -0.3 is 10.6 Å². The highest BCUT2D eigenvalue weighted by Crippen LogP contribution is 2.45. The molecule has 0 radical (unpaired) electrons. The summed E-state index contributed by atoms with van der Waals surface area (Å²) in [5.74, 6) is 0.0854. The molecule has 0 unspecified atom stereocenters. The molecular weight excluding hydrogens is 250 g/mol. The van der Waals surface area contributed by atoms with Gasteiger partial charge in [0.25, 0.3) is 0 Å². The van der Waals surface area contributed by atoms with Gasteiger partial charge in [0.05, 0.1) is 23.3 Å². The molecule has 0 saturated heterocycles. The number of aromatic nitrogens is 1. The first kappa shape index (κ1) is 12.7. The SMILES string of the molecule is CC1(C)C(=O)N(Cc2ccncc2)c2c(N)cccc21. The Morgan fingerprint density at radius 1 is 1.20 bits per heavy atom. The van der Waals surface area contributed by atoms with E-state index < -0.39 is 5.41 Å². The third-order valence-corrected chi connectivity index (χ3v) is 3.88. The molecule has 1 aromatic carbocycles. The Morgan fingerprint density at radius 2 is 1.90 bits per heavy atom. The fraction of sp³-hybridized carbons (Fsp3) is 0.250. The van der Waals surface area contributed by atoms with Crippen molar-refractivity contribution in [2.75, 3.05) is 10.6 Å². The van der Waals surface area contributed by atoms with Crippen LogP contribution in [0.15, 0.2) is 42.7 Å². The van der Waals surface area contributed by atoms with E-state index in [1.54, 1.807) is 17.3 Å². The van der Waals surface area contributed by atoms with Gasteiger partial charge in [-0.3, -0.25) is 9.78 Å². The summed E-state index contributed by atoms with van der Waals surface area (Å²) in [5, 5.41) is 0. The first-order valence-electron chi connectivity index (χ1n) is 6.61. The Balaban J connectivity index is 2.08. The molecule has 2 N–H and O–H groups in total. The molecule has 4 heteroatoms. The minimum Gasteiger partial charge on any atom is -0.397 e. The molecule has 0 aliphatic carbocycles. The summed E-state index contributed by atoms with van der Waals surface area (Å²) >= 11 is 0. The van der Waals surface area contributed by atoms with Gasteiger partial charge in [-0.2, -0.15) is 0 Å². The molecule has 2 heterocycles. The molecule has 20 heavy (non-hydrogen) atoms. The molecule has 0 saturated carbocycles. The number of nitrogen functional groups attached to an aromatic ring is 1. The lowest BCUT2D eigenvalue weighted by Gasteiger charge is -2.21.